The summed E-state index contributed by atoms with van der Waals surface area (Å²) in [6.45, 7) is 2.13. The highest BCUT2D eigenvalue weighted by atomic mass is 19.1. The zero-order valence-electron chi connectivity index (χ0n) is 8.02. The van der Waals surface area contributed by atoms with Crippen LogP contribution >= 0.6 is 0 Å². The number of unbranched alkanes of at least 4 members (excludes halogenated alkanes) is 2. The van der Waals surface area contributed by atoms with Crippen molar-refractivity contribution in [2.24, 2.45) is 0 Å². The third-order valence-electron chi connectivity index (χ3n) is 2.12. The van der Waals surface area contributed by atoms with E-state index >= 15 is 0 Å². The number of aryl methyl sites for hydroxylation is 1. The molecule has 0 heterocycles. The van der Waals surface area contributed by atoms with Crippen molar-refractivity contribution < 1.29 is 4.39 Å². The van der Waals surface area contributed by atoms with Crippen molar-refractivity contribution in [3.63, 3.8) is 0 Å². The molecule has 1 rings (SSSR count). The lowest BCUT2D eigenvalue weighted by molar-refractivity contribution is 0.599. The Kier molecular flexibility index (Phi) is 3.74. The van der Waals surface area contributed by atoms with E-state index in [0.29, 0.717) is 5.69 Å². The zero-order chi connectivity index (χ0) is 9.68. The Hall–Kier alpha value is -1.05. The smallest absolute Gasteiger partial charge is 0.126 e. The van der Waals surface area contributed by atoms with E-state index in [-0.39, 0.29) is 5.82 Å². The first-order valence-electron chi connectivity index (χ1n) is 4.78. The SMILES string of the molecule is CCCCCc1cc(N)ccc1F. The molecule has 0 amide bonds. The maximum absolute atomic E-state index is 13.1. The average Bonchev–Trinajstić information content (AvgIpc) is 2.11. The molecular formula is C11H16FN. The van der Waals surface area contributed by atoms with Crippen LogP contribution < -0.4 is 5.73 Å². The highest BCUT2D eigenvalue weighted by Crippen LogP contribution is 2.14. The van der Waals surface area contributed by atoms with Crippen molar-refractivity contribution in [2.45, 2.75) is 32.6 Å². The van der Waals surface area contributed by atoms with E-state index in [2.05, 4.69) is 6.92 Å². The standard InChI is InChI=1S/C11H16FN/c1-2-3-4-5-9-8-10(13)6-7-11(9)12/h6-8H,2-5,13H2,1H3. The average molecular weight is 181 g/mol. The van der Waals surface area contributed by atoms with E-state index in [4.69, 9.17) is 5.73 Å². The number of hydrogen-bond donors (Lipinski definition) is 1. The summed E-state index contributed by atoms with van der Waals surface area (Å²) >= 11 is 0. The predicted molar refractivity (Wildman–Crippen MR) is 54.0 cm³/mol. The number of anilines is 1. The van der Waals surface area contributed by atoms with Crippen LogP contribution in [0.3, 0.4) is 0 Å². The second kappa shape index (κ2) is 4.85. The molecule has 0 atom stereocenters. The molecule has 0 saturated carbocycles. The maximum Gasteiger partial charge on any atom is 0.126 e. The molecule has 0 aliphatic heterocycles. The van der Waals surface area contributed by atoms with Crippen molar-refractivity contribution >= 4 is 5.69 Å². The first kappa shape index (κ1) is 10.0. The summed E-state index contributed by atoms with van der Waals surface area (Å²) in [5.74, 6) is -0.134. The fourth-order valence-corrected chi connectivity index (χ4v) is 1.35. The Morgan fingerprint density at radius 1 is 1.31 bits per heavy atom. The monoisotopic (exact) mass is 181 g/mol. The van der Waals surface area contributed by atoms with Gasteiger partial charge >= 0.3 is 0 Å². The summed E-state index contributed by atoms with van der Waals surface area (Å²) in [5, 5.41) is 0. The van der Waals surface area contributed by atoms with Crippen LogP contribution in [0.15, 0.2) is 18.2 Å². The summed E-state index contributed by atoms with van der Waals surface area (Å²) in [6.07, 6.45) is 4.14. The molecule has 2 heteroatoms. The Bertz CT molecular complexity index is 271. The predicted octanol–water partition coefficient (Wildman–Crippen LogP) is 3.14. The lowest BCUT2D eigenvalue weighted by Gasteiger charge is -2.03. The number of halogens is 1. The fourth-order valence-electron chi connectivity index (χ4n) is 1.35. The second-order valence-electron chi connectivity index (χ2n) is 3.31. The van der Waals surface area contributed by atoms with E-state index in [9.17, 15) is 4.39 Å². The van der Waals surface area contributed by atoms with Crippen LogP contribution in [-0.2, 0) is 6.42 Å². The van der Waals surface area contributed by atoms with Gasteiger partial charge in [0.2, 0.25) is 0 Å². The van der Waals surface area contributed by atoms with Crippen molar-refractivity contribution in [1.29, 1.82) is 0 Å². The van der Waals surface area contributed by atoms with Crippen LogP contribution in [0.2, 0.25) is 0 Å². The van der Waals surface area contributed by atoms with Gasteiger partial charge < -0.3 is 5.73 Å². The summed E-state index contributed by atoms with van der Waals surface area (Å²) < 4.78 is 13.1. The third-order valence-corrected chi connectivity index (χ3v) is 2.12. The van der Waals surface area contributed by atoms with Gasteiger partial charge in [0, 0.05) is 5.69 Å². The van der Waals surface area contributed by atoms with E-state index < -0.39 is 0 Å². The Labute approximate surface area is 78.8 Å². The molecule has 1 aromatic rings. The zero-order valence-corrected chi connectivity index (χ0v) is 8.02. The van der Waals surface area contributed by atoms with Crippen LogP contribution in [0.5, 0.6) is 0 Å². The summed E-state index contributed by atoms with van der Waals surface area (Å²) in [4.78, 5) is 0. The van der Waals surface area contributed by atoms with Gasteiger partial charge in [-0.05, 0) is 36.6 Å². The van der Waals surface area contributed by atoms with Gasteiger partial charge in [-0.3, -0.25) is 0 Å². The summed E-state index contributed by atoms with van der Waals surface area (Å²) in [5.41, 5.74) is 6.96. The van der Waals surface area contributed by atoms with Crippen LogP contribution in [-0.4, -0.2) is 0 Å². The number of benzene rings is 1. The molecule has 0 bridgehead atoms. The summed E-state index contributed by atoms with van der Waals surface area (Å²) in [6, 6.07) is 4.76. The minimum atomic E-state index is -0.134. The second-order valence-corrected chi connectivity index (χ2v) is 3.31. The lowest BCUT2D eigenvalue weighted by atomic mass is 10.1. The molecular weight excluding hydrogens is 165 g/mol. The van der Waals surface area contributed by atoms with Crippen molar-refractivity contribution in [3.8, 4) is 0 Å². The number of nitrogens with two attached hydrogens (primary N) is 1. The Morgan fingerprint density at radius 3 is 2.77 bits per heavy atom. The van der Waals surface area contributed by atoms with Gasteiger partial charge in [-0.1, -0.05) is 19.8 Å². The van der Waals surface area contributed by atoms with E-state index in [1.807, 2.05) is 0 Å². The normalized spacial score (nSPS) is 10.3. The Morgan fingerprint density at radius 2 is 2.08 bits per heavy atom. The van der Waals surface area contributed by atoms with Crippen LogP contribution in [0, 0.1) is 5.82 Å². The molecule has 1 nitrogen and oxygen atoms in total. The van der Waals surface area contributed by atoms with Crippen LogP contribution in [0.25, 0.3) is 0 Å². The van der Waals surface area contributed by atoms with Gasteiger partial charge in [0.1, 0.15) is 5.82 Å². The van der Waals surface area contributed by atoms with Gasteiger partial charge in [-0.2, -0.15) is 0 Å². The molecule has 0 aliphatic carbocycles. The van der Waals surface area contributed by atoms with Gasteiger partial charge in [-0.25, -0.2) is 4.39 Å². The molecule has 13 heavy (non-hydrogen) atoms. The minimum Gasteiger partial charge on any atom is -0.399 e. The quantitative estimate of drug-likeness (QED) is 0.560. The molecule has 0 aromatic heterocycles. The first-order chi connectivity index (χ1) is 6.24. The molecule has 72 valence electrons. The van der Waals surface area contributed by atoms with Crippen molar-refractivity contribution in [2.75, 3.05) is 5.73 Å². The Balaban J connectivity index is 2.59. The molecule has 0 spiro atoms. The van der Waals surface area contributed by atoms with Gasteiger partial charge in [0.25, 0.3) is 0 Å². The molecule has 0 radical (unpaired) electrons. The first-order valence-corrected chi connectivity index (χ1v) is 4.78. The van der Waals surface area contributed by atoms with Crippen LogP contribution in [0.1, 0.15) is 31.7 Å². The number of rotatable bonds is 4. The van der Waals surface area contributed by atoms with Gasteiger partial charge in [-0.15, -0.1) is 0 Å². The van der Waals surface area contributed by atoms with Crippen LogP contribution in [0.4, 0.5) is 10.1 Å². The topological polar surface area (TPSA) is 26.0 Å². The molecule has 0 unspecified atom stereocenters. The van der Waals surface area contributed by atoms with E-state index in [0.717, 1.165) is 31.2 Å². The maximum atomic E-state index is 13.1. The largest absolute Gasteiger partial charge is 0.399 e. The molecule has 0 saturated heterocycles. The molecule has 2 N–H and O–H groups in total. The lowest BCUT2D eigenvalue weighted by Crippen LogP contribution is -1.93. The van der Waals surface area contributed by atoms with Gasteiger partial charge in [0.05, 0.1) is 0 Å². The van der Waals surface area contributed by atoms with Crippen molar-refractivity contribution in [3.05, 3.63) is 29.6 Å². The summed E-state index contributed by atoms with van der Waals surface area (Å²) in [7, 11) is 0. The molecule has 0 fully saturated rings. The number of hydrogen-bond acceptors (Lipinski definition) is 1. The fraction of sp³-hybridized carbons (Fsp3) is 0.455. The van der Waals surface area contributed by atoms with E-state index in [1.165, 1.54) is 6.07 Å². The highest BCUT2D eigenvalue weighted by molar-refractivity contribution is 5.41. The van der Waals surface area contributed by atoms with Gasteiger partial charge in [0.15, 0.2) is 0 Å². The highest BCUT2D eigenvalue weighted by Gasteiger charge is 2.01. The molecule has 0 aliphatic rings. The van der Waals surface area contributed by atoms with E-state index in [1.54, 1.807) is 12.1 Å². The molecule has 1 aromatic carbocycles. The number of nitrogen functional groups attached to an aromatic ring is 1. The third kappa shape index (κ3) is 3.05. The minimum absolute atomic E-state index is 0.134. The van der Waals surface area contributed by atoms with Crippen molar-refractivity contribution in [1.82, 2.24) is 0 Å².